The molecule has 2 saturated heterocycles. The minimum atomic E-state index is -0.286. The molecule has 1 aromatic carbocycles. The molecule has 4 nitrogen and oxygen atoms in total. The fourth-order valence-electron chi connectivity index (χ4n) is 3.76. The molecule has 0 saturated carbocycles. The van der Waals surface area contributed by atoms with Gasteiger partial charge in [-0.3, -0.25) is 4.90 Å². The van der Waals surface area contributed by atoms with Gasteiger partial charge in [-0.25, -0.2) is 4.79 Å². The van der Waals surface area contributed by atoms with E-state index in [0.29, 0.717) is 18.6 Å². The molecule has 4 heteroatoms. The maximum atomic E-state index is 11.9. The highest BCUT2D eigenvalue weighted by molar-refractivity contribution is 5.87. The quantitative estimate of drug-likeness (QED) is 0.685. The molecule has 2 atom stereocenters. The van der Waals surface area contributed by atoms with Gasteiger partial charge < -0.3 is 9.84 Å². The Hall–Kier alpha value is -1.81. The molecular weight excluding hydrogens is 290 g/mol. The molecule has 2 aliphatic heterocycles. The van der Waals surface area contributed by atoms with Crippen LogP contribution in [0.25, 0.3) is 6.08 Å². The van der Waals surface area contributed by atoms with Crippen molar-refractivity contribution in [3.63, 3.8) is 0 Å². The number of carbonyl (C=O) groups excluding carboxylic acids is 1. The van der Waals surface area contributed by atoms with E-state index < -0.39 is 0 Å². The second kappa shape index (κ2) is 7.64. The zero-order chi connectivity index (χ0) is 16.1. The number of fused-ring (bicyclic) bond motifs is 1. The van der Waals surface area contributed by atoms with Crippen molar-refractivity contribution in [1.82, 2.24) is 4.90 Å². The lowest BCUT2D eigenvalue weighted by Gasteiger charge is -2.44. The summed E-state index contributed by atoms with van der Waals surface area (Å²) in [6, 6.07) is 7.33. The first-order valence-electron chi connectivity index (χ1n) is 8.60. The number of carbonyl (C=O) groups is 1. The molecule has 0 aliphatic carbocycles. The minimum absolute atomic E-state index is 0.221. The molecule has 1 unspecified atom stereocenters. The van der Waals surface area contributed by atoms with E-state index in [2.05, 4.69) is 4.90 Å². The number of benzene rings is 1. The van der Waals surface area contributed by atoms with Gasteiger partial charge in [0.15, 0.2) is 0 Å². The zero-order valence-electron chi connectivity index (χ0n) is 13.5. The Morgan fingerprint density at radius 1 is 1.17 bits per heavy atom. The van der Waals surface area contributed by atoms with Crippen LogP contribution in [-0.4, -0.2) is 41.7 Å². The molecule has 2 fully saturated rings. The highest BCUT2D eigenvalue weighted by Crippen LogP contribution is 2.31. The third kappa shape index (κ3) is 4.35. The Balaban J connectivity index is 1.49. The van der Waals surface area contributed by atoms with Crippen molar-refractivity contribution < 1.29 is 14.6 Å². The van der Waals surface area contributed by atoms with Gasteiger partial charge in [-0.1, -0.05) is 18.6 Å². The first-order chi connectivity index (χ1) is 11.2. The number of piperidine rings is 2. The van der Waals surface area contributed by atoms with Gasteiger partial charge in [0.25, 0.3) is 0 Å². The monoisotopic (exact) mass is 315 g/mol. The number of ether oxygens (including phenoxy) is 1. The second-order valence-corrected chi connectivity index (χ2v) is 6.56. The molecule has 0 radical (unpaired) electrons. The summed E-state index contributed by atoms with van der Waals surface area (Å²) in [6.07, 6.45) is 9.40. The van der Waals surface area contributed by atoms with Gasteiger partial charge in [0, 0.05) is 18.0 Å². The predicted molar refractivity (Wildman–Crippen MR) is 90.0 cm³/mol. The zero-order valence-corrected chi connectivity index (χ0v) is 13.5. The number of aromatic hydroxyl groups is 1. The number of phenols is 1. The van der Waals surface area contributed by atoms with E-state index in [9.17, 15) is 9.90 Å². The first-order valence-corrected chi connectivity index (χ1v) is 8.60. The highest BCUT2D eigenvalue weighted by Gasteiger charge is 2.33. The lowest BCUT2D eigenvalue weighted by atomic mass is 9.84. The molecule has 23 heavy (non-hydrogen) atoms. The van der Waals surface area contributed by atoms with Crippen LogP contribution in [0.4, 0.5) is 0 Å². The van der Waals surface area contributed by atoms with Crippen molar-refractivity contribution in [3.05, 3.63) is 35.9 Å². The fraction of sp³-hybridized carbons (Fsp3) is 0.526. The van der Waals surface area contributed by atoms with Crippen molar-refractivity contribution in [2.45, 2.75) is 38.1 Å². The average molecular weight is 315 g/mol. The Bertz CT molecular complexity index is 550. The lowest BCUT2D eigenvalue weighted by molar-refractivity contribution is -0.140. The molecule has 0 bridgehead atoms. The Kier molecular flexibility index (Phi) is 5.34. The maximum absolute atomic E-state index is 11.9. The summed E-state index contributed by atoms with van der Waals surface area (Å²) in [4.78, 5) is 14.5. The summed E-state index contributed by atoms with van der Waals surface area (Å²) in [5, 5.41) is 9.24. The topological polar surface area (TPSA) is 49.8 Å². The molecule has 124 valence electrons. The van der Waals surface area contributed by atoms with Crippen LogP contribution >= 0.6 is 0 Å². The van der Waals surface area contributed by atoms with Crippen molar-refractivity contribution in [2.75, 3.05) is 19.7 Å². The van der Waals surface area contributed by atoms with Crippen LogP contribution in [0.5, 0.6) is 5.75 Å². The normalized spacial score (nSPS) is 25.2. The SMILES string of the molecule is O=C(/C=C/c1ccc(O)cc1)OC[C@H]1CCCN2CCCCC12. The number of phenolic OH excluding ortho intramolecular Hbond substituents is 1. The van der Waals surface area contributed by atoms with Crippen LogP contribution < -0.4 is 0 Å². The van der Waals surface area contributed by atoms with E-state index in [0.717, 1.165) is 12.0 Å². The van der Waals surface area contributed by atoms with E-state index in [-0.39, 0.29) is 11.7 Å². The minimum Gasteiger partial charge on any atom is -0.508 e. The summed E-state index contributed by atoms with van der Waals surface area (Å²) < 4.78 is 5.47. The van der Waals surface area contributed by atoms with E-state index >= 15 is 0 Å². The van der Waals surface area contributed by atoms with Gasteiger partial charge >= 0.3 is 5.97 Å². The van der Waals surface area contributed by atoms with Crippen LogP contribution in [0.3, 0.4) is 0 Å². The number of nitrogens with zero attached hydrogens (tertiary/aromatic N) is 1. The molecule has 3 rings (SSSR count). The molecule has 2 heterocycles. The average Bonchev–Trinajstić information content (AvgIpc) is 2.59. The van der Waals surface area contributed by atoms with Crippen molar-refractivity contribution in [1.29, 1.82) is 0 Å². The van der Waals surface area contributed by atoms with E-state index in [1.54, 1.807) is 30.3 Å². The van der Waals surface area contributed by atoms with Crippen molar-refractivity contribution >= 4 is 12.0 Å². The van der Waals surface area contributed by atoms with Crippen LogP contribution in [0.1, 0.15) is 37.7 Å². The first kappa shape index (κ1) is 16.1. The van der Waals surface area contributed by atoms with Crippen molar-refractivity contribution in [3.8, 4) is 5.75 Å². The largest absolute Gasteiger partial charge is 0.508 e. The predicted octanol–water partition coefficient (Wildman–Crippen LogP) is 3.21. The molecule has 1 aromatic rings. The standard InChI is InChI=1S/C19H25NO3/c21-17-9-6-15(7-10-17)8-11-19(22)23-14-16-4-3-13-20-12-2-1-5-18(16)20/h6-11,16,18,21H,1-5,12-14H2/b11-8+/t16-,18?/m1/s1. The Morgan fingerprint density at radius 2 is 1.96 bits per heavy atom. The molecule has 0 spiro atoms. The number of rotatable bonds is 4. The van der Waals surface area contributed by atoms with Gasteiger partial charge in [0.1, 0.15) is 5.75 Å². The summed E-state index contributed by atoms with van der Waals surface area (Å²) in [5.41, 5.74) is 0.871. The van der Waals surface area contributed by atoms with Crippen LogP contribution in [0.15, 0.2) is 30.3 Å². The molecule has 2 aliphatic rings. The highest BCUT2D eigenvalue weighted by atomic mass is 16.5. The summed E-state index contributed by atoms with van der Waals surface area (Å²) >= 11 is 0. The van der Waals surface area contributed by atoms with E-state index in [1.165, 1.54) is 44.8 Å². The number of hydrogen-bond acceptors (Lipinski definition) is 4. The van der Waals surface area contributed by atoms with Gasteiger partial charge in [0.2, 0.25) is 0 Å². The molecule has 1 N–H and O–H groups in total. The second-order valence-electron chi connectivity index (χ2n) is 6.56. The smallest absolute Gasteiger partial charge is 0.330 e. The van der Waals surface area contributed by atoms with Crippen LogP contribution in [0, 0.1) is 5.92 Å². The summed E-state index contributed by atoms with van der Waals surface area (Å²) in [5.74, 6) is 0.417. The molecule has 0 amide bonds. The Labute approximate surface area is 137 Å². The van der Waals surface area contributed by atoms with Crippen LogP contribution in [0.2, 0.25) is 0 Å². The van der Waals surface area contributed by atoms with Crippen LogP contribution in [-0.2, 0) is 9.53 Å². The van der Waals surface area contributed by atoms with E-state index in [4.69, 9.17) is 4.74 Å². The van der Waals surface area contributed by atoms with Gasteiger partial charge in [-0.15, -0.1) is 0 Å². The number of esters is 1. The molecular formula is C19H25NO3. The Morgan fingerprint density at radius 3 is 2.78 bits per heavy atom. The van der Waals surface area contributed by atoms with Crippen molar-refractivity contribution in [2.24, 2.45) is 5.92 Å². The number of hydrogen-bond donors (Lipinski definition) is 1. The summed E-state index contributed by atoms with van der Waals surface area (Å²) in [7, 11) is 0. The third-order valence-corrected chi connectivity index (χ3v) is 4.97. The van der Waals surface area contributed by atoms with Gasteiger partial charge in [-0.05, 0) is 62.5 Å². The third-order valence-electron chi connectivity index (χ3n) is 4.97. The van der Waals surface area contributed by atoms with E-state index in [1.807, 2.05) is 0 Å². The fourth-order valence-corrected chi connectivity index (χ4v) is 3.76. The van der Waals surface area contributed by atoms with Gasteiger partial charge in [0.05, 0.1) is 6.61 Å². The molecule has 0 aromatic heterocycles. The lowest BCUT2D eigenvalue weighted by Crippen LogP contribution is -2.49. The van der Waals surface area contributed by atoms with Gasteiger partial charge in [-0.2, -0.15) is 0 Å². The summed E-state index contributed by atoms with van der Waals surface area (Å²) in [6.45, 7) is 2.94. The maximum Gasteiger partial charge on any atom is 0.330 e.